The van der Waals surface area contributed by atoms with Crippen molar-refractivity contribution < 1.29 is 74.9 Å². The first kappa shape index (κ1) is 90.3. The van der Waals surface area contributed by atoms with Crippen LogP contribution >= 0.6 is 0 Å². The molecule has 0 amide bonds. The van der Waals surface area contributed by atoms with Crippen molar-refractivity contribution in [2.75, 3.05) is 107 Å². The van der Waals surface area contributed by atoms with Crippen LogP contribution in [-0.4, -0.2) is 239 Å². The molecule has 3 unspecified atom stereocenters. The number of amidine groups is 1. The fraction of sp³-hybridized carbons (Fsp3) is 0.688. The molecule has 3 atom stereocenters. The van der Waals surface area contributed by atoms with E-state index >= 15 is 0 Å². The molecular weight excluding hydrogens is 1380 g/mol. The number of carbonyl (C=O) groups is 6. The van der Waals surface area contributed by atoms with Crippen molar-refractivity contribution in [1.82, 2.24) is 29.4 Å². The molecule has 21 nitrogen and oxygen atoms in total. The number of nitrogens with two attached hydrogens (primary N) is 1. The van der Waals surface area contributed by atoms with E-state index in [4.69, 9.17) is 40.5 Å². The summed E-state index contributed by atoms with van der Waals surface area (Å²) in [7, 11) is 8.41. The fourth-order valence-electron chi connectivity index (χ4n) is 15.0. The molecule has 0 bridgehead atoms. The van der Waals surface area contributed by atoms with Gasteiger partial charge in [0.25, 0.3) is 0 Å². The Morgan fingerprint density at radius 1 is 0.583 bits per heavy atom. The van der Waals surface area contributed by atoms with Gasteiger partial charge in [-0.25, -0.2) is 0 Å². The van der Waals surface area contributed by atoms with Crippen LogP contribution in [0.1, 0.15) is 209 Å². The largest absolute Gasteiger partial charge is 2.00 e. The molecule has 23 heteroatoms. The number of nitriles is 1. The average Bonchev–Trinajstić information content (AvgIpc) is 0.790. The Morgan fingerprint density at radius 3 is 1.29 bits per heavy atom. The maximum Gasteiger partial charge on any atom is 2.00 e. The molecule has 0 radical (unpaired) electrons. The number of piperidine rings is 6. The number of ketones is 1. The number of nitrogen functional groups attached to an aromatic ring is 1. The molecule has 10 saturated heterocycles. The number of Topliss-reactive ketones (excluding diaryl/α,β-unsaturated/α-hetero) is 1. The third-order valence-corrected chi connectivity index (χ3v) is 22.5. The topological polar surface area (TPSA) is 273 Å². The van der Waals surface area contributed by atoms with Crippen LogP contribution in [0.25, 0.3) is 0 Å². The Balaban J connectivity index is 0.000000267. The van der Waals surface area contributed by atoms with E-state index in [1.165, 1.54) is 5.56 Å². The van der Waals surface area contributed by atoms with Crippen molar-refractivity contribution >= 4 is 64.5 Å². The molecule has 10 aliphatic rings. The van der Waals surface area contributed by atoms with Crippen LogP contribution in [0, 0.1) is 41.4 Å². The SMILES string of the molecule is C=CCCC1(O)CCN(C)CC1.C=CC[CH2-].CCC1CCC2(CCN(C)CC2)OC1=O.CCC1CCC2(CCN(Cc3ccc(C#N)cc3)CC2)OC1=O.CN1CCC(=O)CC1.CN1CCC2(CCCC(=O)O2)CC1.N=C(N)c1ccc(CN2CCC3(CCC(CC(=O)O)C(=O)O3)CC2)cc1.[Br-].[Mg+2]. The normalized spacial score (nSPS) is 24.3. The molecule has 10 fully saturated rings. The van der Waals surface area contributed by atoms with Gasteiger partial charge in [0.1, 0.15) is 34.0 Å². The summed E-state index contributed by atoms with van der Waals surface area (Å²) in [5, 5.41) is 35.2. The number of hydrogen-bond donors (Lipinski definition) is 4. The Labute approximate surface area is 643 Å². The maximum atomic E-state index is 12.1. The zero-order valence-corrected chi connectivity index (χ0v) is 66.4. The number of aliphatic carboxylic acids is 1. The summed E-state index contributed by atoms with van der Waals surface area (Å²) in [5.74, 6) is -0.979. The number of hydrogen-bond acceptors (Lipinski definition) is 19. The number of ether oxygens (including phenoxy) is 4. The number of aliphatic hydroxyl groups is 1. The minimum Gasteiger partial charge on any atom is -1.00 e. The average molecular weight is 1510 g/mol. The summed E-state index contributed by atoms with van der Waals surface area (Å²) in [6.07, 6.45) is 27.0. The second-order valence-electron chi connectivity index (χ2n) is 30.3. The number of likely N-dealkylation sites (tertiary alicyclic amines) is 6. The van der Waals surface area contributed by atoms with Gasteiger partial charge in [0.15, 0.2) is 0 Å². The molecule has 2 aromatic rings. The maximum absolute atomic E-state index is 12.1. The number of nitrogens with zero attached hydrogens (tertiary/aromatic N) is 7. The summed E-state index contributed by atoms with van der Waals surface area (Å²) in [6.45, 7) is 28.2. The molecule has 12 rings (SSSR count). The zero-order valence-electron chi connectivity index (χ0n) is 63.4. The van der Waals surface area contributed by atoms with E-state index in [2.05, 4.69) is 90.5 Å². The van der Waals surface area contributed by atoms with Crippen molar-refractivity contribution in [2.24, 2.45) is 23.5 Å². The summed E-state index contributed by atoms with van der Waals surface area (Å²) in [6, 6.07) is 17.6. The van der Waals surface area contributed by atoms with Gasteiger partial charge in [-0.2, -0.15) is 11.7 Å². The first-order valence-corrected chi connectivity index (χ1v) is 37.7. The van der Waals surface area contributed by atoms with E-state index in [0.29, 0.717) is 24.2 Å². The number of rotatable bonds is 13. The second-order valence-corrected chi connectivity index (χ2v) is 30.3. The minimum absolute atomic E-state index is 0. The number of carboxylic acid groups (broad SMARTS) is 1. The van der Waals surface area contributed by atoms with Crippen LogP contribution in [-0.2, 0) is 60.8 Å². The van der Waals surface area contributed by atoms with E-state index in [9.17, 15) is 33.9 Å². The molecule has 10 heterocycles. The van der Waals surface area contributed by atoms with Gasteiger partial charge in [0, 0.05) is 116 Å². The molecule has 4 spiro atoms. The molecule has 0 aromatic heterocycles. The third-order valence-electron chi connectivity index (χ3n) is 22.5. The zero-order chi connectivity index (χ0) is 73.6. The molecule has 10 aliphatic heterocycles. The van der Waals surface area contributed by atoms with E-state index < -0.39 is 23.1 Å². The van der Waals surface area contributed by atoms with E-state index in [1.807, 2.05) is 61.7 Å². The Hall–Kier alpha value is -5.13. The second kappa shape index (κ2) is 44.9. The van der Waals surface area contributed by atoms with Gasteiger partial charge in [-0.1, -0.05) is 56.3 Å². The molecule has 2 aromatic carbocycles. The van der Waals surface area contributed by atoms with Crippen LogP contribution in [0.5, 0.6) is 0 Å². The molecule has 570 valence electrons. The first-order valence-electron chi connectivity index (χ1n) is 37.7. The van der Waals surface area contributed by atoms with Crippen LogP contribution in [0.3, 0.4) is 0 Å². The summed E-state index contributed by atoms with van der Waals surface area (Å²) < 4.78 is 22.7. The van der Waals surface area contributed by atoms with Crippen LogP contribution in [0.15, 0.2) is 73.8 Å². The summed E-state index contributed by atoms with van der Waals surface area (Å²) in [5.41, 5.74) is 8.08. The number of carboxylic acids is 1. The Morgan fingerprint density at radius 2 is 0.951 bits per heavy atom. The van der Waals surface area contributed by atoms with Crippen molar-refractivity contribution in [3.05, 3.63) is 103 Å². The van der Waals surface area contributed by atoms with Gasteiger partial charge in [0.05, 0.1) is 41.4 Å². The Bertz CT molecular complexity index is 2990. The summed E-state index contributed by atoms with van der Waals surface area (Å²) >= 11 is 0. The van der Waals surface area contributed by atoms with E-state index in [0.717, 1.165) is 257 Å². The number of nitrogens with one attached hydrogen (secondary N) is 1. The van der Waals surface area contributed by atoms with Gasteiger partial charge >= 0.3 is 52.9 Å². The van der Waals surface area contributed by atoms with Gasteiger partial charge < -0.3 is 78.4 Å². The third kappa shape index (κ3) is 30.2. The van der Waals surface area contributed by atoms with Crippen LogP contribution in [0.2, 0.25) is 0 Å². The number of allylic oxidation sites excluding steroid dienone is 2. The van der Waals surface area contributed by atoms with Gasteiger partial charge in [-0.15, -0.1) is 19.2 Å². The minimum atomic E-state index is -0.950. The Kier molecular flexibility index (Phi) is 39.3. The molecule has 5 N–H and O–H groups in total. The van der Waals surface area contributed by atoms with Gasteiger partial charge in [-0.3, -0.25) is 44.0 Å². The molecule has 0 aliphatic carbocycles. The van der Waals surface area contributed by atoms with E-state index in [1.54, 1.807) is 6.08 Å². The van der Waals surface area contributed by atoms with Crippen molar-refractivity contribution in [1.29, 1.82) is 10.7 Å². The number of halogens is 1. The predicted octanol–water partition coefficient (Wildman–Crippen LogP) is 7.69. The smallest absolute Gasteiger partial charge is 1.00 e. The van der Waals surface area contributed by atoms with Crippen LogP contribution in [0.4, 0.5) is 0 Å². The predicted molar refractivity (Wildman–Crippen MR) is 400 cm³/mol. The van der Waals surface area contributed by atoms with Gasteiger partial charge in [0.2, 0.25) is 0 Å². The van der Waals surface area contributed by atoms with E-state index in [-0.39, 0.29) is 105 Å². The summed E-state index contributed by atoms with van der Waals surface area (Å²) in [4.78, 5) is 82.3. The monoisotopic (exact) mass is 1510 g/mol. The van der Waals surface area contributed by atoms with Crippen molar-refractivity contribution in [3.63, 3.8) is 0 Å². The van der Waals surface area contributed by atoms with Crippen molar-refractivity contribution in [2.45, 2.75) is 228 Å². The standard InChI is InChI=1S/C19H25N3O4.C19H24N2O2.C12H21NO2.C10H17NO2.C10H19NO.C6H11NO.C4H7.BrH.Mg/c20-17(21)14-3-1-13(2-4-14)12-22-9-7-19(8-10-22)6-5-15(11-16(23)24)18(25)26-19;1-2-17-7-8-19(23-18(17)22)9-11-21(12-10-19)14-16-5-3-15(13-20)4-6-16;1-3-10-4-5-12(15-11(10)14)6-8-13(2)9-7-12;1-11-7-5-10(6-8-11)4-2-3-9(12)13-10;1-3-4-5-10(12)6-8-11(2)9-7-10;1-7-4-2-6(8)3-5-7;1-3-4-2;;/h1-4,15H,5-12H2,(H3,20,21)(H,23,24);3-6,17H,2,7-12,14H2,1H3;10H,3-9H2,1-2H3;2-8H2,1H3;3,12H,1,4-9H2,2H3;2-5H2,1H3;3H,1-2,4H2;1H;/q;;;;;;-1;;+2/p-1. The molecular formula is C80H124BrMgN9O12. The molecule has 103 heavy (non-hydrogen) atoms. The quantitative estimate of drug-likeness (QED) is 0.0284. The first-order chi connectivity index (χ1) is 48.2. The fourth-order valence-corrected chi connectivity index (χ4v) is 15.0. The van der Waals surface area contributed by atoms with Crippen LogP contribution < -0.4 is 22.7 Å². The van der Waals surface area contributed by atoms with Gasteiger partial charge in [-0.05, 0) is 193 Å². The molecule has 0 saturated carbocycles. The number of carbonyl (C=O) groups excluding carboxylic acids is 5. The number of esters is 4. The van der Waals surface area contributed by atoms with Crippen molar-refractivity contribution in [3.8, 4) is 6.07 Å². The number of benzene rings is 2.